The highest BCUT2D eigenvalue weighted by Crippen LogP contribution is 2.49. The third kappa shape index (κ3) is 5.12. The molecule has 0 bridgehead atoms. The van der Waals surface area contributed by atoms with E-state index in [2.05, 4.69) is 37.1 Å². The van der Waals surface area contributed by atoms with Gasteiger partial charge in [0.05, 0.1) is 12.1 Å². The number of phenols is 1. The lowest BCUT2D eigenvalue weighted by Gasteiger charge is -2.42. The van der Waals surface area contributed by atoms with Gasteiger partial charge in [0.1, 0.15) is 22.9 Å². The van der Waals surface area contributed by atoms with E-state index in [1.165, 1.54) is 17.7 Å². The van der Waals surface area contributed by atoms with Crippen molar-refractivity contribution in [2.45, 2.75) is 58.0 Å². The van der Waals surface area contributed by atoms with Gasteiger partial charge >= 0.3 is 0 Å². The van der Waals surface area contributed by atoms with Crippen molar-refractivity contribution in [1.82, 2.24) is 10.2 Å². The molecule has 0 aliphatic carbocycles. The molecule has 0 spiro atoms. The van der Waals surface area contributed by atoms with Crippen LogP contribution in [0.5, 0.6) is 11.5 Å². The lowest BCUT2D eigenvalue weighted by atomic mass is 9.80. The van der Waals surface area contributed by atoms with Gasteiger partial charge in [0.25, 0.3) is 0 Å². The summed E-state index contributed by atoms with van der Waals surface area (Å²) in [5, 5.41) is 13.8. The Labute approximate surface area is 201 Å². The van der Waals surface area contributed by atoms with Crippen LogP contribution in [-0.4, -0.2) is 48.2 Å². The van der Waals surface area contributed by atoms with E-state index in [1.807, 2.05) is 18.2 Å². The molecule has 34 heavy (non-hydrogen) atoms. The molecule has 182 valence electrons. The molecule has 2 aromatic carbocycles. The first-order valence-electron chi connectivity index (χ1n) is 12.1. The Morgan fingerprint density at radius 3 is 2.71 bits per heavy atom. The van der Waals surface area contributed by atoms with Crippen LogP contribution in [0, 0.1) is 5.82 Å². The molecule has 6 heteroatoms. The minimum absolute atomic E-state index is 0.00961. The summed E-state index contributed by atoms with van der Waals surface area (Å²) in [6.45, 7) is 8.07. The van der Waals surface area contributed by atoms with Crippen molar-refractivity contribution < 1.29 is 19.0 Å². The number of aromatic hydroxyl groups is 1. The predicted octanol–water partition coefficient (Wildman–Crippen LogP) is 5.03. The Morgan fingerprint density at radius 1 is 1.26 bits per heavy atom. The number of nitrogens with zero attached hydrogens (tertiary/aromatic N) is 1. The molecular weight excluding hydrogens is 431 g/mol. The zero-order valence-corrected chi connectivity index (χ0v) is 20.6. The molecule has 0 saturated carbocycles. The molecule has 1 unspecified atom stereocenters. The molecular formula is C28H35FN2O3. The molecule has 2 heterocycles. The first-order valence-corrected chi connectivity index (χ1v) is 12.1. The number of halogens is 1. The summed E-state index contributed by atoms with van der Waals surface area (Å²) in [5.41, 5.74) is 4.76. The minimum atomic E-state index is -0.460. The van der Waals surface area contributed by atoms with E-state index in [-0.39, 0.29) is 23.4 Å². The molecule has 0 saturated heterocycles. The molecule has 1 amide bonds. The van der Waals surface area contributed by atoms with E-state index in [1.54, 1.807) is 7.05 Å². The number of hydrogen-bond acceptors (Lipinski definition) is 4. The molecule has 2 N–H and O–H groups in total. The Bertz CT molecular complexity index is 1090. The first-order chi connectivity index (χ1) is 16.2. The maximum atomic E-state index is 13.1. The summed E-state index contributed by atoms with van der Waals surface area (Å²) in [4.78, 5) is 14.1. The highest BCUT2D eigenvalue weighted by molar-refractivity contribution is 5.83. The quantitative estimate of drug-likeness (QED) is 0.601. The summed E-state index contributed by atoms with van der Waals surface area (Å²) in [5.74, 6) is 0.977. The fraction of sp³-hybridized carbons (Fsp3) is 0.464. The molecule has 0 fully saturated rings. The zero-order valence-electron chi connectivity index (χ0n) is 20.6. The molecule has 0 aromatic heterocycles. The summed E-state index contributed by atoms with van der Waals surface area (Å²) in [7, 11) is 1.65. The van der Waals surface area contributed by atoms with E-state index in [4.69, 9.17) is 4.74 Å². The van der Waals surface area contributed by atoms with Crippen LogP contribution in [0.3, 0.4) is 0 Å². The smallest absolute Gasteiger partial charge is 0.233 e. The zero-order chi connectivity index (χ0) is 24.5. The van der Waals surface area contributed by atoms with Crippen molar-refractivity contribution in [1.29, 1.82) is 0 Å². The topological polar surface area (TPSA) is 61.8 Å². The number of phenolic OH excluding ortho intramolecular Hbond substituents is 1. The molecule has 1 atom stereocenters. The van der Waals surface area contributed by atoms with Gasteiger partial charge in [0.15, 0.2) is 0 Å². The van der Waals surface area contributed by atoms with Crippen LogP contribution in [-0.2, 0) is 11.2 Å². The normalized spacial score (nSPS) is 18.0. The third-order valence-electron chi connectivity index (χ3n) is 7.15. The Hall–Kier alpha value is -2.86. The van der Waals surface area contributed by atoms with Gasteiger partial charge in [-0.25, -0.2) is 4.39 Å². The maximum absolute atomic E-state index is 13.1. The van der Waals surface area contributed by atoms with Crippen molar-refractivity contribution in [3.05, 3.63) is 64.5 Å². The Kier molecular flexibility index (Phi) is 6.99. The molecule has 5 nitrogen and oxygen atoms in total. The molecule has 4 rings (SSSR count). The minimum Gasteiger partial charge on any atom is -0.507 e. The fourth-order valence-electron chi connectivity index (χ4n) is 5.19. The Balaban J connectivity index is 1.53. The first kappa shape index (κ1) is 24.3. The highest BCUT2D eigenvalue weighted by Gasteiger charge is 2.39. The van der Waals surface area contributed by atoms with Crippen molar-refractivity contribution in [2.24, 2.45) is 0 Å². The van der Waals surface area contributed by atoms with E-state index in [9.17, 15) is 14.3 Å². The van der Waals surface area contributed by atoms with Gasteiger partial charge in [0.2, 0.25) is 5.91 Å². The molecule has 0 radical (unpaired) electrons. The van der Waals surface area contributed by atoms with Crippen LogP contribution in [0.1, 0.15) is 62.6 Å². The second-order valence-electron chi connectivity index (χ2n) is 10.0. The van der Waals surface area contributed by atoms with Gasteiger partial charge in [-0.15, -0.1) is 0 Å². The lowest BCUT2D eigenvalue weighted by Crippen LogP contribution is -2.44. The van der Waals surface area contributed by atoms with Crippen LogP contribution in [0.15, 0.2) is 42.0 Å². The number of nitrogens with one attached hydrogen (secondary N) is 1. The molecule has 2 aliphatic rings. The van der Waals surface area contributed by atoms with Crippen LogP contribution in [0.25, 0.3) is 5.57 Å². The number of ether oxygens (including phenoxy) is 1. The highest BCUT2D eigenvalue weighted by atomic mass is 19.1. The van der Waals surface area contributed by atoms with Crippen LogP contribution < -0.4 is 10.1 Å². The number of aryl methyl sites for hydroxylation is 1. The average Bonchev–Trinajstić information content (AvgIpc) is 2.79. The van der Waals surface area contributed by atoms with Gasteiger partial charge in [-0.05, 0) is 92.0 Å². The average molecular weight is 467 g/mol. The largest absolute Gasteiger partial charge is 0.507 e. The van der Waals surface area contributed by atoms with Gasteiger partial charge in [0, 0.05) is 20.1 Å². The van der Waals surface area contributed by atoms with E-state index < -0.39 is 5.60 Å². The van der Waals surface area contributed by atoms with Crippen LogP contribution in [0.2, 0.25) is 0 Å². The summed E-state index contributed by atoms with van der Waals surface area (Å²) >= 11 is 0. The number of likely N-dealkylation sites (N-methyl/N-ethyl adjacent to an activating group) is 1. The number of fused-ring (bicyclic) bond motifs is 2. The Morgan fingerprint density at radius 2 is 2.00 bits per heavy atom. The number of rotatable bonds is 7. The maximum Gasteiger partial charge on any atom is 0.233 e. The number of carbonyl (C=O) groups excluding carboxylic acids is 1. The van der Waals surface area contributed by atoms with Crippen molar-refractivity contribution in [3.8, 4) is 11.5 Å². The summed E-state index contributed by atoms with van der Waals surface area (Å²) in [6.07, 6.45) is 3.62. The monoisotopic (exact) mass is 466 g/mol. The van der Waals surface area contributed by atoms with E-state index in [0.29, 0.717) is 18.8 Å². The fourth-order valence-corrected chi connectivity index (χ4v) is 5.19. The van der Waals surface area contributed by atoms with Gasteiger partial charge in [-0.1, -0.05) is 19.1 Å². The van der Waals surface area contributed by atoms with E-state index >= 15 is 0 Å². The third-order valence-corrected chi connectivity index (χ3v) is 7.15. The van der Waals surface area contributed by atoms with Gasteiger partial charge in [-0.3, -0.25) is 9.69 Å². The second-order valence-corrected chi connectivity index (χ2v) is 10.0. The second kappa shape index (κ2) is 9.79. The van der Waals surface area contributed by atoms with E-state index in [0.717, 1.165) is 54.5 Å². The molecule has 2 aromatic rings. The van der Waals surface area contributed by atoms with Crippen molar-refractivity contribution in [3.63, 3.8) is 0 Å². The lowest BCUT2D eigenvalue weighted by molar-refractivity contribution is -0.121. The van der Waals surface area contributed by atoms with Crippen LogP contribution >= 0.6 is 0 Å². The number of amides is 1. The van der Waals surface area contributed by atoms with Crippen molar-refractivity contribution >= 4 is 11.5 Å². The predicted molar refractivity (Wildman–Crippen MR) is 133 cm³/mol. The van der Waals surface area contributed by atoms with Crippen LogP contribution in [0.4, 0.5) is 4.39 Å². The van der Waals surface area contributed by atoms with Gasteiger partial charge in [-0.2, -0.15) is 0 Å². The number of hydrogen-bond donors (Lipinski definition) is 2. The van der Waals surface area contributed by atoms with Gasteiger partial charge < -0.3 is 15.2 Å². The molecule has 2 aliphatic heterocycles. The summed E-state index contributed by atoms with van der Waals surface area (Å²) in [6, 6.07) is 10.6. The SMILES string of the molecule is CNC(=O)CN1CCC2=C(C1)c1c(O)cc(C(C)CCCc3ccc(F)cc3)cc1OC2(C)C. The standard InChI is InChI=1S/C28H35FN2O3/c1-18(6-5-7-19-8-10-21(29)11-9-19)20-14-24(32)27-22-16-31(17-26(33)30-4)13-12-23(22)28(2,3)34-25(27)15-20/h8-11,14-15,18,32H,5-7,12-13,16-17H2,1-4H3,(H,30,33). The summed E-state index contributed by atoms with van der Waals surface area (Å²) < 4.78 is 19.6. The number of carbonyl (C=O) groups is 1. The number of benzene rings is 2. The van der Waals surface area contributed by atoms with Crippen molar-refractivity contribution in [2.75, 3.05) is 26.7 Å².